The lowest BCUT2D eigenvalue weighted by molar-refractivity contribution is -0.122. The molecule has 5 heteroatoms. The standard InChI is InChI=1S/C15H22FN3O/c1-10-3-4-12(15(17)20)9-19(10)14-6-11(8-18-2)5-13(16)7-14/h5-7,10,12,18H,3-4,8-9H2,1-2H3,(H2,17,20). The van der Waals surface area contributed by atoms with Gasteiger partial charge in [0.05, 0.1) is 5.92 Å². The molecule has 1 saturated heterocycles. The Morgan fingerprint density at radius 2 is 2.20 bits per heavy atom. The summed E-state index contributed by atoms with van der Waals surface area (Å²) in [6.07, 6.45) is 1.71. The summed E-state index contributed by atoms with van der Waals surface area (Å²) in [5.41, 5.74) is 7.14. The molecule has 3 N–H and O–H groups in total. The van der Waals surface area contributed by atoms with E-state index in [1.807, 2.05) is 13.1 Å². The zero-order chi connectivity index (χ0) is 14.7. The molecule has 1 fully saturated rings. The van der Waals surface area contributed by atoms with Crippen LogP contribution in [0.5, 0.6) is 0 Å². The van der Waals surface area contributed by atoms with Crippen molar-refractivity contribution < 1.29 is 9.18 Å². The Balaban J connectivity index is 2.26. The van der Waals surface area contributed by atoms with Gasteiger partial charge in [-0.3, -0.25) is 4.79 Å². The summed E-state index contributed by atoms with van der Waals surface area (Å²) >= 11 is 0. The van der Waals surface area contributed by atoms with E-state index in [2.05, 4.69) is 17.1 Å². The van der Waals surface area contributed by atoms with Crippen molar-refractivity contribution in [3.05, 3.63) is 29.6 Å². The van der Waals surface area contributed by atoms with E-state index in [4.69, 9.17) is 5.73 Å². The smallest absolute Gasteiger partial charge is 0.222 e. The Kier molecular flexibility index (Phi) is 4.60. The summed E-state index contributed by atoms with van der Waals surface area (Å²) in [6.45, 7) is 3.28. The number of nitrogens with zero attached hydrogens (tertiary/aromatic N) is 1. The third-order valence-electron chi connectivity index (χ3n) is 3.94. The van der Waals surface area contributed by atoms with Crippen LogP contribution in [0.4, 0.5) is 10.1 Å². The number of nitrogens with one attached hydrogen (secondary N) is 1. The van der Waals surface area contributed by atoms with Crippen molar-refractivity contribution >= 4 is 11.6 Å². The van der Waals surface area contributed by atoms with Crippen LogP contribution < -0.4 is 16.0 Å². The van der Waals surface area contributed by atoms with Gasteiger partial charge in [-0.15, -0.1) is 0 Å². The van der Waals surface area contributed by atoms with E-state index in [9.17, 15) is 9.18 Å². The lowest BCUT2D eigenvalue weighted by Gasteiger charge is -2.38. The second-order valence-corrected chi connectivity index (χ2v) is 5.53. The summed E-state index contributed by atoms with van der Waals surface area (Å²) in [6, 6.07) is 5.31. The summed E-state index contributed by atoms with van der Waals surface area (Å²) in [7, 11) is 1.83. The SMILES string of the molecule is CNCc1cc(F)cc(N2CC(C(N)=O)CCC2C)c1. The maximum absolute atomic E-state index is 13.7. The average Bonchev–Trinajstić information content (AvgIpc) is 2.38. The number of piperidine rings is 1. The van der Waals surface area contributed by atoms with Gasteiger partial charge < -0.3 is 16.0 Å². The molecule has 0 aromatic heterocycles. The van der Waals surface area contributed by atoms with Crippen LogP contribution >= 0.6 is 0 Å². The van der Waals surface area contributed by atoms with Crippen molar-refractivity contribution in [1.29, 1.82) is 0 Å². The highest BCUT2D eigenvalue weighted by molar-refractivity contribution is 5.77. The quantitative estimate of drug-likeness (QED) is 0.881. The number of anilines is 1. The topological polar surface area (TPSA) is 58.4 Å². The molecule has 0 aliphatic carbocycles. The monoisotopic (exact) mass is 279 g/mol. The first-order valence-electron chi connectivity index (χ1n) is 7.01. The number of carbonyl (C=O) groups is 1. The zero-order valence-corrected chi connectivity index (χ0v) is 12.0. The minimum atomic E-state index is -0.270. The lowest BCUT2D eigenvalue weighted by Crippen LogP contribution is -2.46. The molecular weight excluding hydrogens is 257 g/mol. The molecule has 0 bridgehead atoms. The van der Waals surface area contributed by atoms with Gasteiger partial charge in [0, 0.05) is 24.8 Å². The Labute approximate surface area is 119 Å². The van der Waals surface area contributed by atoms with Crippen molar-refractivity contribution in [2.24, 2.45) is 11.7 Å². The fourth-order valence-electron chi connectivity index (χ4n) is 2.80. The van der Waals surface area contributed by atoms with Gasteiger partial charge in [-0.2, -0.15) is 0 Å². The first-order valence-corrected chi connectivity index (χ1v) is 7.01. The van der Waals surface area contributed by atoms with Crippen molar-refractivity contribution in [3.63, 3.8) is 0 Å². The van der Waals surface area contributed by atoms with E-state index in [1.165, 1.54) is 12.1 Å². The second kappa shape index (κ2) is 6.22. The van der Waals surface area contributed by atoms with E-state index in [0.717, 1.165) is 24.1 Å². The molecule has 1 amide bonds. The molecule has 1 aromatic rings. The Morgan fingerprint density at radius 3 is 2.85 bits per heavy atom. The molecule has 0 spiro atoms. The lowest BCUT2D eigenvalue weighted by atomic mass is 9.92. The van der Waals surface area contributed by atoms with E-state index >= 15 is 0 Å². The van der Waals surface area contributed by atoms with Gasteiger partial charge >= 0.3 is 0 Å². The number of amides is 1. The number of halogens is 1. The molecular formula is C15H22FN3O. The zero-order valence-electron chi connectivity index (χ0n) is 12.0. The molecule has 1 aliphatic rings. The molecule has 20 heavy (non-hydrogen) atoms. The minimum Gasteiger partial charge on any atom is -0.369 e. The van der Waals surface area contributed by atoms with Crippen LogP contribution in [0.2, 0.25) is 0 Å². The highest BCUT2D eigenvalue weighted by Gasteiger charge is 2.29. The summed E-state index contributed by atoms with van der Waals surface area (Å²) in [5, 5.41) is 3.02. The molecule has 1 aliphatic heterocycles. The van der Waals surface area contributed by atoms with E-state index in [0.29, 0.717) is 13.1 Å². The maximum Gasteiger partial charge on any atom is 0.222 e. The molecule has 1 aromatic carbocycles. The van der Waals surface area contributed by atoms with Crippen LogP contribution in [0, 0.1) is 11.7 Å². The Hall–Kier alpha value is -1.62. The van der Waals surface area contributed by atoms with Gasteiger partial charge in [0.25, 0.3) is 0 Å². The van der Waals surface area contributed by atoms with Crippen molar-refractivity contribution in [2.45, 2.75) is 32.4 Å². The molecule has 0 saturated carbocycles. The normalized spacial score (nSPS) is 22.9. The van der Waals surface area contributed by atoms with Gasteiger partial charge in [0.15, 0.2) is 0 Å². The van der Waals surface area contributed by atoms with Crippen LogP contribution in [-0.2, 0) is 11.3 Å². The Morgan fingerprint density at radius 1 is 1.45 bits per heavy atom. The summed E-state index contributed by atoms with van der Waals surface area (Å²) < 4.78 is 13.7. The Bertz CT molecular complexity index is 492. The fourth-order valence-corrected chi connectivity index (χ4v) is 2.80. The van der Waals surface area contributed by atoms with E-state index in [-0.39, 0.29) is 23.7 Å². The van der Waals surface area contributed by atoms with Gasteiger partial charge in [0.1, 0.15) is 5.82 Å². The highest BCUT2D eigenvalue weighted by Crippen LogP contribution is 2.29. The van der Waals surface area contributed by atoms with Crippen molar-refractivity contribution in [1.82, 2.24) is 5.32 Å². The predicted octanol–water partition coefficient (Wildman–Crippen LogP) is 1.64. The van der Waals surface area contributed by atoms with Crippen LogP contribution in [0.1, 0.15) is 25.3 Å². The molecule has 110 valence electrons. The molecule has 2 rings (SSSR count). The van der Waals surface area contributed by atoms with Crippen LogP contribution in [0.25, 0.3) is 0 Å². The van der Waals surface area contributed by atoms with E-state index in [1.54, 1.807) is 0 Å². The van der Waals surface area contributed by atoms with Crippen LogP contribution in [0.15, 0.2) is 18.2 Å². The van der Waals surface area contributed by atoms with Gasteiger partial charge in [-0.05, 0) is 50.6 Å². The number of hydrogen-bond donors (Lipinski definition) is 2. The molecule has 0 radical (unpaired) electrons. The largest absolute Gasteiger partial charge is 0.369 e. The molecule has 1 heterocycles. The molecule has 2 unspecified atom stereocenters. The summed E-state index contributed by atoms with van der Waals surface area (Å²) in [5.74, 6) is -0.669. The van der Waals surface area contributed by atoms with Crippen LogP contribution in [0.3, 0.4) is 0 Å². The number of nitrogens with two attached hydrogens (primary N) is 1. The number of primary amides is 1. The average molecular weight is 279 g/mol. The summed E-state index contributed by atoms with van der Waals surface area (Å²) in [4.78, 5) is 13.5. The van der Waals surface area contributed by atoms with E-state index < -0.39 is 0 Å². The van der Waals surface area contributed by atoms with Gasteiger partial charge in [-0.25, -0.2) is 4.39 Å². The van der Waals surface area contributed by atoms with Gasteiger partial charge in [0.2, 0.25) is 5.91 Å². The van der Waals surface area contributed by atoms with Crippen molar-refractivity contribution in [3.8, 4) is 0 Å². The predicted molar refractivity (Wildman–Crippen MR) is 77.9 cm³/mol. The van der Waals surface area contributed by atoms with Crippen LogP contribution in [-0.4, -0.2) is 25.5 Å². The first kappa shape index (κ1) is 14.8. The minimum absolute atomic E-state index is 0.151. The number of hydrogen-bond acceptors (Lipinski definition) is 3. The fraction of sp³-hybridized carbons (Fsp3) is 0.533. The number of carbonyl (C=O) groups excluding carboxylic acids is 1. The van der Waals surface area contributed by atoms with Gasteiger partial charge in [-0.1, -0.05) is 0 Å². The van der Waals surface area contributed by atoms with Crippen molar-refractivity contribution in [2.75, 3.05) is 18.5 Å². The first-order chi connectivity index (χ1) is 9.51. The number of rotatable bonds is 4. The second-order valence-electron chi connectivity index (χ2n) is 5.53. The number of benzene rings is 1. The maximum atomic E-state index is 13.7. The highest BCUT2D eigenvalue weighted by atomic mass is 19.1. The molecule has 2 atom stereocenters. The third kappa shape index (κ3) is 3.28. The third-order valence-corrected chi connectivity index (χ3v) is 3.94. The molecule has 4 nitrogen and oxygen atoms in total.